The van der Waals surface area contributed by atoms with Gasteiger partial charge in [0.05, 0.1) is 0 Å². The Kier molecular flexibility index (Phi) is 3.48. The molecule has 1 aromatic carbocycles. The van der Waals surface area contributed by atoms with Crippen LogP contribution in [0.4, 0.5) is 4.39 Å². The molecule has 0 aliphatic heterocycles. The van der Waals surface area contributed by atoms with Gasteiger partial charge in [0.15, 0.2) is 0 Å². The Bertz CT molecular complexity index is 490. The van der Waals surface area contributed by atoms with E-state index in [1.165, 1.54) is 0 Å². The summed E-state index contributed by atoms with van der Waals surface area (Å²) < 4.78 is 14.4. The summed E-state index contributed by atoms with van der Waals surface area (Å²) in [4.78, 5) is 3.10. The third-order valence-corrected chi connectivity index (χ3v) is 3.40. The molecule has 2 aromatic rings. The summed E-state index contributed by atoms with van der Waals surface area (Å²) in [5, 5.41) is 1.05. The van der Waals surface area contributed by atoms with Crippen LogP contribution in [0, 0.1) is 11.8 Å². The molecule has 3 heteroatoms. The average Bonchev–Trinajstić information content (AvgIpc) is 2.75. The van der Waals surface area contributed by atoms with Crippen molar-refractivity contribution in [3.05, 3.63) is 36.0 Å². The fraction of sp³-hybridized carbons (Fsp3) is 0.429. The Morgan fingerprint density at radius 2 is 2.06 bits per heavy atom. The van der Waals surface area contributed by atoms with E-state index in [4.69, 9.17) is 5.73 Å². The molecule has 3 N–H and O–H groups in total. The molecule has 0 spiro atoms. The number of nitrogens with two attached hydrogens (primary N) is 1. The minimum absolute atomic E-state index is 0.119. The van der Waals surface area contributed by atoms with Gasteiger partial charge in [-0.05, 0) is 41.6 Å². The molecular formula is C14H19FN2. The molecule has 0 aliphatic carbocycles. The lowest BCUT2D eigenvalue weighted by Crippen LogP contribution is -2.24. The monoisotopic (exact) mass is 234 g/mol. The number of H-pyrrole nitrogens is 1. The summed E-state index contributed by atoms with van der Waals surface area (Å²) in [5.74, 6) is 0.128. The van der Waals surface area contributed by atoms with Crippen molar-refractivity contribution in [1.82, 2.24) is 4.98 Å². The van der Waals surface area contributed by atoms with E-state index in [1.807, 2.05) is 44.3 Å². The number of halogens is 1. The van der Waals surface area contributed by atoms with Crippen LogP contribution in [-0.4, -0.2) is 11.5 Å². The van der Waals surface area contributed by atoms with Gasteiger partial charge in [0.25, 0.3) is 0 Å². The Morgan fingerprint density at radius 3 is 2.71 bits per heavy atom. The highest BCUT2D eigenvalue weighted by Crippen LogP contribution is 2.32. The first-order valence-corrected chi connectivity index (χ1v) is 6.04. The molecular weight excluding hydrogens is 215 g/mol. The minimum Gasteiger partial charge on any atom is -0.361 e. The van der Waals surface area contributed by atoms with Crippen molar-refractivity contribution >= 4 is 10.9 Å². The molecule has 0 bridgehead atoms. The lowest BCUT2D eigenvalue weighted by atomic mass is 9.87. The van der Waals surface area contributed by atoms with E-state index in [2.05, 4.69) is 4.98 Å². The lowest BCUT2D eigenvalue weighted by Gasteiger charge is -2.23. The topological polar surface area (TPSA) is 41.8 Å². The Morgan fingerprint density at radius 1 is 1.29 bits per heavy atom. The summed E-state index contributed by atoms with van der Waals surface area (Å²) in [6.07, 6.45) is 0.879. The van der Waals surface area contributed by atoms with E-state index in [9.17, 15) is 4.39 Å². The van der Waals surface area contributed by atoms with Crippen molar-refractivity contribution in [3.8, 4) is 0 Å². The van der Waals surface area contributed by atoms with Crippen molar-refractivity contribution in [2.24, 2.45) is 17.6 Å². The number of aromatic amines is 1. The molecule has 2 atom stereocenters. The summed E-state index contributed by atoms with van der Waals surface area (Å²) in [6, 6.07) is 7.62. The molecule has 0 radical (unpaired) electrons. The van der Waals surface area contributed by atoms with Gasteiger partial charge in [-0.25, -0.2) is 4.39 Å². The van der Waals surface area contributed by atoms with Crippen molar-refractivity contribution in [1.29, 1.82) is 0 Å². The van der Waals surface area contributed by atoms with Crippen LogP contribution < -0.4 is 5.73 Å². The van der Waals surface area contributed by atoms with Gasteiger partial charge in [-0.2, -0.15) is 0 Å². The molecule has 1 heterocycles. The number of alkyl halides is 1. The second-order valence-corrected chi connectivity index (χ2v) is 4.87. The molecule has 17 heavy (non-hydrogen) atoms. The fourth-order valence-electron chi connectivity index (χ4n) is 2.22. The van der Waals surface area contributed by atoms with Gasteiger partial charge >= 0.3 is 0 Å². The highest BCUT2D eigenvalue weighted by Gasteiger charge is 2.24. The third kappa shape index (κ3) is 2.34. The SMILES string of the molecule is CC(C)C(CN)C(F)c1ccc2[nH]ccc2c1. The van der Waals surface area contributed by atoms with Crippen LogP contribution in [0.5, 0.6) is 0 Å². The van der Waals surface area contributed by atoms with Crippen molar-refractivity contribution < 1.29 is 4.39 Å². The zero-order valence-electron chi connectivity index (χ0n) is 10.3. The number of nitrogens with one attached hydrogen (secondary N) is 1. The first kappa shape index (κ1) is 12.1. The Labute approximate surface area is 101 Å². The smallest absolute Gasteiger partial charge is 0.129 e. The summed E-state index contributed by atoms with van der Waals surface area (Å²) in [7, 11) is 0. The second kappa shape index (κ2) is 4.88. The molecule has 0 saturated heterocycles. The second-order valence-electron chi connectivity index (χ2n) is 4.87. The predicted octanol–water partition coefficient (Wildman–Crippen LogP) is 3.41. The maximum Gasteiger partial charge on any atom is 0.129 e. The van der Waals surface area contributed by atoms with E-state index in [1.54, 1.807) is 0 Å². The largest absolute Gasteiger partial charge is 0.361 e. The van der Waals surface area contributed by atoms with Gasteiger partial charge in [0.2, 0.25) is 0 Å². The molecule has 0 fully saturated rings. The first-order chi connectivity index (χ1) is 8.13. The van der Waals surface area contributed by atoms with Gasteiger partial charge in [-0.3, -0.25) is 0 Å². The number of benzene rings is 1. The molecule has 0 amide bonds. The maximum atomic E-state index is 14.4. The number of aromatic nitrogens is 1. The van der Waals surface area contributed by atoms with E-state index in [-0.39, 0.29) is 11.8 Å². The number of rotatable bonds is 4. The average molecular weight is 234 g/mol. The molecule has 0 saturated carbocycles. The first-order valence-electron chi connectivity index (χ1n) is 6.04. The van der Waals surface area contributed by atoms with Crippen molar-refractivity contribution in [2.45, 2.75) is 20.0 Å². The molecule has 0 aliphatic rings. The van der Waals surface area contributed by atoms with E-state index >= 15 is 0 Å². The molecule has 92 valence electrons. The molecule has 2 rings (SSSR count). The quantitative estimate of drug-likeness (QED) is 0.836. The van der Waals surface area contributed by atoms with Crippen LogP contribution in [0.15, 0.2) is 30.5 Å². The fourth-order valence-corrected chi connectivity index (χ4v) is 2.22. The number of hydrogen-bond acceptors (Lipinski definition) is 1. The van der Waals surface area contributed by atoms with Crippen LogP contribution in [0.1, 0.15) is 25.6 Å². The molecule has 2 unspecified atom stereocenters. The zero-order chi connectivity index (χ0) is 12.4. The van der Waals surface area contributed by atoms with Crippen LogP contribution in [0.25, 0.3) is 10.9 Å². The molecule has 2 nitrogen and oxygen atoms in total. The number of fused-ring (bicyclic) bond motifs is 1. The van der Waals surface area contributed by atoms with E-state index in [0.29, 0.717) is 6.54 Å². The minimum atomic E-state index is -0.987. The van der Waals surface area contributed by atoms with Crippen LogP contribution >= 0.6 is 0 Å². The Balaban J connectivity index is 2.31. The standard InChI is InChI=1S/C14H19FN2/c1-9(2)12(8-16)14(15)11-3-4-13-10(7-11)5-6-17-13/h3-7,9,12,14,17H,8,16H2,1-2H3. The summed E-state index contributed by atoms with van der Waals surface area (Å²) in [5.41, 5.74) is 7.42. The maximum absolute atomic E-state index is 14.4. The third-order valence-electron chi connectivity index (χ3n) is 3.40. The van der Waals surface area contributed by atoms with Gasteiger partial charge in [0.1, 0.15) is 6.17 Å². The predicted molar refractivity (Wildman–Crippen MR) is 69.5 cm³/mol. The lowest BCUT2D eigenvalue weighted by molar-refractivity contribution is 0.189. The zero-order valence-corrected chi connectivity index (χ0v) is 10.3. The van der Waals surface area contributed by atoms with Crippen LogP contribution in [0.2, 0.25) is 0 Å². The van der Waals surface area contributed by atoms with E-state index < -0.39 is 6.17 Å². The number of hydrogen-bond donors (Lipinski definition) is 2. The van der Waals surface area contributed by atoms with Gasteiger partial charge in [-0.15, -0.1) is 0 Å². The molecule has 1 aromatic heterocycles. The summed E-state index contributed by atoms with van der Waals surface area (Å²) in [6.45, 7) is 4.40. The highest BCUT2D eigenvalue weighted by molar-refractivity contribution is 5.80. The van der Waals surface area contributed by atoms with Crippen LogP contribution in [0.3, 0.4) is 0 Å². The van der Waals surface area contributed by atoms with Crippen molar-refractivity contribution in [3.63, 3.8) is 0 Å². The normalized spacial score (nSPS) is 15.4. The Hall–Kier alpha value is -1.35. The summed E-state index contributed by atoms with van der Waals surface area (Å²) >= 11 is 0. The van der Waals surface area contributed by atoms with Crippen LogP contribution in [-0.2, 0) is 0 Å². The highest BCUT2D eigenvalue weighted by atomic mass is 19.1. The van der Waals surface area contributed by atoms with E-state index in [0.717, 1.165) is 16.5 Å². The van der Waals surface area contributed by atoms with Gasteiger partial charge < -0.3 is 10.7 Å². The van der Waals surface area contributed by atoms with Gasteiger partial charge in [-0.1, -0.05) is 19.9 Å². The van der Waals surface area contributed by atoms with Crippen molar-refractivity contribution in [2.75, 3.05) is 6.54 Å². The van der Waals surface area contributed by atoms with Gasteiger partial charge in [0, 0.05) is 17.6 Å².